The fourth-order valence-electron chi connectivity index (χ4n) is 4.98. The second-order valence-electron chi connectivity index (χ2n) is 8.20. The Morgan fingerprint density at radius 3 is 2.50 bits per heavy atom. The number of hydrogen-bond donors (Lipinski definition) is 2. The first-order valence-electron chi connectivity index (χ1n) is 9.66. The number of H-pyrrole nitrogens is 1. The van der Waals surface area contributed by atoms with Gasteiger partial charge in [0.2, 0.25) is 10.0 Å². The molecule has 2 fully saturated rings. The predicted molar refractivity (Wildman–Crippen MR) is 111 cm³/mol. The van der Waals surface area contributed by atoms with E-state index in [0.717, 1.165) is 16.5 Å². The van der Waals surface area contributed by atoms with Crippen LogP contribution in [0.1, 0.15) is 24.0 Å². The topological polar surface area (TPSA) is 110 Å². The number of nitrogens with zero attached hydrogens (tertiary/aromatic N) is 3. The molecule has 0 bridgehead atoms. The van der Waals surface area contributed by atoms with E-state index in [9.17, 15) is 13.5 Å². The van der Waals surface area contributed by atoms with E-state index in [1.165, 1.54) is 28.6 Å². The third kappa shape index (κ3) is 3.01. The number of aliphatic hydroxyl groups is 1. The minimum Gasteiger partial charge on any atom is -0.385 e. The molecule has 1 saturated heterocycles. The van der Waals surface area contributed by atoms with Gasteiger partial charge in [-0.05, 0) is 66.6 Å². The molecule has 154 valence electrons. The quantitative estimate of drug-likeness (QED) is 0.647. The number of fused-ring (bicyclic) bond motifs is 2. The molecule has 2 N–H and O–H groups in total. The van der Waals surface area contributed by atoms with E-state index >= 15 is 0 Å². The van der Waals surface area contributed by atoms with E-state index in [1.54, 1.807) is 18.3 Å². The molecule has 1 aliphatic heterocycles. The van der Waals surface area contributed by atoms with Crippen molar-refractivity contribution < 1.29 is 13.5 Å². The van der Waals surface area contributed by atoms with Gasteiger partial charge in [-0.2, -0.15) is 14.7 Å². The lowest BCUT2D eigenvalue weighted by Gasteiger charge is -2.27. The predicted octanol–water partition coefficient (Wildman–Crippen LogP) is 3.01. The Hall–Kier alpha value is -2.44. The lowest BCUT2D eigenvalue weighted by Crippen LogP contribution is -2.32. The summed E-state index contributed by atoms with van der Waals surface area (Å²) in [5, 5.41) is 28.7. The van der Waals surface area contributed by atoms with Crippen LogP contribution in [0.4, 0.5) is 0 Å². The fraction of sp³-hybridized carbons (Fsp3) is 0.333. The standard InChI is InChI=1S/C21H19ClN4O3S/c22-16-5-19(18-10-24-25-20(18)6-16)21(27)7-14-11-26(12-15(14)8-21)30(28,29)17-3-1-13(9-23)2-4-17/h1-6,10,14-15,27H,7-8,11-12H2,(H,24,25)/t14-,15+,21?. The SMILES string of the molecule is N#Cc1ccc(S(=O)(=O)N2C[C@@H]3CC(O)(c4cc(Cl)cc5[nH]ncc45)C[C@@H]3C2)cc1. The maximum atomic E-state index is 13.0. The number of aromatic nitrogens is 2. The second kappa shape index (κ2) is 6.79. The van der Waals surface area contributed by atoms with Crippen molar-refractivity contribution in [3.63, 3.8) is 0 Å². The van der Waals surface area contributed by atoms with E-state index in [0.29, 0.717) is 36.5 Å². The van der Waals surface area contributed by atoms with Gasteiger partial charge in [-0.25, -0.2) is 8.42 Å². The first-order valence-corrected chi connectivity index (χ1v) is 11.5. The largest absolute Gasteiger partial charge is 0.385 e. The summed E-state index contributed by atoms with van der Waals surface area (Å²) in [6.07, 6.45) is 2.63. The summed E-state index contributed by atoms with van der Waals surface area (Å²) < 4.78 is 27.6. The van der Waals surface area contributed by atoms with Crippen molar-refractivity contribution in [3.05, 3.63) is 58.7 Å². The van der Waals surface area contributed by atoms with Gasteiger partial charge in [-0.15, -0.1) is 0 Å². The van der Waals surface area contributed by atoms with Gasteiger partial charge < -0.3 is 5.11 Å². The lowest BCUT2D eigenvalue weighted by atomic mass is 9.88. The Labute approximate surface area is 178 Å². The molecule has 7 nitrogen and oxygen atoms in total. The van der Waals surface area contributed by atoms with Crippen LogP contribution in [0, 0.1) is 23.2 Å². The first-order chi connectivity index (χ1) is 14.3. The van der Waals surface area contributed by atoms with Crippen LogP contribution in [-0.2, 0) is 15.6 Å². The smallest absolute Gasteiger partial charge is 0.243 e. The summed E-state index contributed by atoms with van der Waals surface area (Å²) >= 11 is 6.25. The van der Waals surface area contributed by atoms with E-state index < -0.39 is 15.6 Å². The third-order valence-electron chi connectivity index (χ3n) is 6.39. The van der Waals surface area contributed by atoms with Crippen LogP contribution < -0.4 is 0 Å². The van der Waals surface area contributed by atoms with Crippen molar-refractivity contribution >= 4 is 32.5 Å². The third-order valence-corrected chi connectivity index (χ3v) is 8.45. The molecule has 30 heavy (non-hydrogen) atoms. The number of rotatable bonds is 3. The van der Waals surface area contributed by atoms with Crippen molar-refractivity contribution in [3.8, 4) is 6.07 Å². The summed E-state index contributed by atoms with van der Waals surface area (Å²) in [4.78, 5) is 0.187. The normalized spacial score (nSPS) is 26.7. The minimum absolute atomic E-state index is 0.0593. The van der Waals surface area contributed by atoms with Gasteiger partial charge in [-0.3, -0.25) is 5.10 Å². The molecule has 5 rings (SSSR count). The number of nitriles is 1. The van der Waals surface area contributed by atoms with Crippen molar-refractivity contribution in [1.29, 1.82) is 5.26 Å². The molecule has 0 spiro atoms. The summed E-state index contributed by atoms with van der Waals surface area (Å²) in [6, 6.07) is 11.5. The van der Waals surface area contributed by atoms with Crippen molar-refractivity contribution in [2.75, 3.05) is 13.1 Å². The molecule has 2 aliphatic rings. The molecule has 2 heterocycles. The molecule has 1 aromatic heterocycles. The molecule has 9 heteroatoms. The van der Waals surface area contributed by atoms with Crippen LogP contribution in [0.5, 0.6) is 0 Å². The van der Waals surface area contributed by atoms with E-state index in [-0.39, 0.29) is 16.7 Å². The van der Waals surface area contributed by atoms with Crippen molar-refractivity contribution in [2.45, 2.75) is 23.3 Å². The maximum Gasteiger partial charge on any atom is 0.243 e. The van der Waals surface area contributed by atoms with Crippen LogP contribution in [0.2, 0.25) is 5.02 Å². The fourth-order valence-corrected chi connectivity index (χ4v) is 6.75. The zero-order valence-corrected chi connectivity index (χ0v) is 17.5. The molecular weight excluding hydrogens is 424 g/mol. The summed E-state index contributed by atoms with van der Waals surface area (Å²) in [7, 11) is -3.63. The van der Waals surface area contributed by atoms with E-state index in [4.69, 9.17) is 16.9 Å². The molecule has 0 amide bonds. The van der Waals surface area contributed by atoms with E-state index in [2.05, 4.69) is 10.2 Å². The minimum atomic E-state index is -3.63. The van der Waals surface area contributed by atoms with E-state index in [1.807, 2.05) is 6.07 Å². The van der Waals surface area contributed by atoms with Crippen LogP contribution in [-0.4, -0.2) is 41.1 Å². The zero-order chi connectivity index (χ0) is 21.1. The number of hydrogen-bond acceptors (Lipinski definition) is 5. The van der Waals surface area contributed by atoms with Gasteiger partial charge in [0.15, 0.2) is 0 Å². The highest BCUT2D eigenvalue weighted by Gasteiger charge is 2.51. The summed E-state index contributed by atoms with van der Waals surface area (Å²) in [5.74, 6) is 0.119. The Morgan fingerprint density at radius 1 is 1.20 bits per heavy atom. The average Bonchev–Trinajstić information content (AvgIpc) is 3.41. The lowest BCUT2D eigenvalue weighted by molar-refractivity contribution is 0.0353. The van der Waals surface area contributed by atoms with Gasteiger partial charge in [0.1, 0.15) is 0 Å². The monoisotopic (exact) mass is 442 g/mol. The first kappa shape index (κ1) is 19.5. The van der Waals surface area contributed by atoms with Gasteiger partial charge in [0.05, 0.1) is 33.8 Å². The highest BCUT2D eigenvalue weighted by molar-refractivity contribution is 7.89. The number of sulfonamides is 1. The Balaban J connectivity index is 1.39. The molecule has 3 atom stereocenters. The maximum absolute atomic E-state index is 13.0. The summed E-state index contributed by atoms with van der Waals surface area (Å²) in [5.41, 5.74) is 0.874. The average molecular weight is 443 g/mol. The van der Waals surface area contributed by atoms with Gasteiger partial charge >= 0.3 is 0 Å². The molecular formula is C21H19ClN4O3S. The van der Waals surface area contributed by atoms with Crippen LogP contribution in [0.25, 0.3) is 10.9 Å². The number of benzene rings is 2. The van der Waals surface area contributed by atoms with Crippen LogP contribution in [0.3, 0.4) is 0 Å². The molecule has 1 unspecified atom stereocenters. The molecule has 1 aliphatic carbocycles. The zero-order valence-electron chi connectivity index (χ0n) is 15.9. The molecule has 3 aromatic rings. The van der Waals surface area contributed by atoms with Crippen LogP contribution >= 0.6 is 11.6 Å². The Kier molecular flexibility index (Phi) is 4.42. The van der Waals surface area contributed by atoms with Crippen LogP contribution in [0.15, 0.2) is 47.5 Å². The van der Waals surface area contributed by atoms with Crippen molar-refractivity contribution in [1.82, 2.24) is 14.5 Å². The molecule has 1 saturated carbocycles. The number of nitrogens with one attached hydrogen (secondary N) is 1. The summed E-state index contributed by atoms with van der Waals surface area (Å²) in [6.45, 7) is 0.731. The molecule has 2 aromatic carbocycles. The highest BCUT2D eigenvalue weighted by Crippen LogP contribution is 2.51. The highest BCUT2D eigenvalue weighted by atomic mass is 35.5. The van der Waals surface area contributed by atoms with Crippen molar-refractivity contribution in [2.24, 2.45) is 11.8 Å². The Morgan fingerprint density at radius 2 is 1.87 bits per heavy atom. The van der Waals surface area contributed by atoms with Gasteiger partial charge in [0, 0.05) is 23.5 Å². The van der Waals surface area contributed by atoms with Gasteiger partial charge in [-0.1, -0.05) is 11.6 Å². The second-order valence-corrected chi connectivity index (χ2v) is 10.6. The van der Waals surface area contributed by atoms with Gasteiger partial charge in [0.25, 0.3) is 0 Å². The Bertz CT molecular complexity index is 1270. The number of aromatic amines is 1. The molecule has 0 radical (unpaired) electrons. The number of halogens is 1.